The maximum atomic E-state index is 13.9. The number of nitrogens with one attached hydrogen (secondary N) is 1. The van der Waals surface area contributed by atoms with Gasteiger partial charge in [-0.1, -0.05) is 13.0 Å². The van der Waals surface area contributed by atoms with Crippen LogP contribution >= 0.6 is 0 Å². The maximum absolute atomic E-state index is 13.9. The zero-order valence-electron chi connectivity index (χ0n) is 11.2. The minimum Gasteiger partial charge on any atom is -0.310 e. The Labute approximate surface area is 114 Å². The molecule has 0 amide bonds. The number of rotatable bonds is 5. The Bertz CT molecular complexity index is 597. The first-order chi connectivity index (χ1) is 9.54. The van der Waals surface area contributed by atoms with Gasteiger partial charge >= 0.3 is 0 Å². The van der Waals surface area contributed by atoms with Crippen LogP contribution in [0, 0.1) is 17.5 Å². The van der Waals surface area contributed by atoms with Crippen molar-refractivity contribution in [3.05, 3.63) is 47.3 Å². The van der Waals surface area contributed by atoms with Crippen molar-refractivity contribution in [2.75, 3.05) is 6.54 Å². The highest BCUT2D eigenvalue weighted by Gasteiger charge is 2.22. The number of benzene rings is 1. The van der Waals surface area contributed by atoms with Crippen molar-refractivity contribution in [2.24, 2.45) is 7.05 Å². The largest absolute Gasteiger partial charge is 0.310 e. The van der Waals surface area contributed by atoms with Crippen LogP contribution in [0.3, 0.4) is 0 Å². The molecule has 0 fully saturated rings. The molecular formula is C13H15F3N4. The Morgan fingerprint density at radius 1 is 1.25 bits per heavy atom. The predicted octanol–water partition coefficient (Wildman–Crippen LogP) is 2.13. The molecular weight excluding hydrogens is 269 g/mol. The van der Waals surface area contributed by atoms with Crippen LogP contribution in [0.4, 0.5) is 13.2 Å². The van der Waals surface area contributed by atoms with E-state index < -0.39 is 23.5 Å². The normalized spacial score (nSPS) is 12.7. The molecule has 1 unspecified atom stereocenters. The van der Waals surface area contributed by atoms with Crippen molar-refractivity contribution in [1.29, 1.82) is 0 Å². The molecule has 0 radical (unpaired) electrons. The van der Waals surface area contributed by atoms with E-state index >= 15 is 0 Å². The average Bonchev–Trinajstić information content (AvgIpc) is 2.82. The SMILES string of the molecule is CCNC(Cc1ncnn1C)c1ccc(F)c(F)c1F. The van der Waals surface area contributed by atoms with Gasteiger partial charge < -0.3 is 5.32 Å². The lowest BCUT2D eigenvalue weighted by atomic mass is 10.0. The van der Waals surface area contributed by atoms with E-state index in [1.807, 2.05) is 6.92 Å². The summed E-state index contributed by atoms with van der Waals surface area (Å²) < 4.78 is 41.8. The molecule has 0 saturated heterocycles. The molecule has 0 aliphatic heterocycles. The van der Waals surface area contributed by atoms with Gasteiger partial charge in [0, 0.05) is 25.1 Å². The van der Waals surface area contributed by atoms with E-state index in [1.165, 1.54) is 12.4 Å². The molecule has 2 aromatic rings. The summed E-state index contributed by atoms with van der Waals surface area (Å²) in [7, 11) is 1.72. The maximum Gasteiger partial charge on any atom is 0.194 e. The summed E-state index contributed by atoms with van der Waals surface area (Å²) in [6.45, 7) is 2.41. The zero-order chi connectivity index (χ0) is 14.7. The third-order valence-corrected chi connectivity index (χ3v) is 3.08. The fourth-order valence-corrected chi connectivity index (χ4v) is 2.04. The Morgan fingerprint density at radius 2 is 2.00 bits per heavy atom. The molecule has 1 heterocycles. The minimum absolute atomic E-state index is 0.0775. The topological polar surface area (TPSA) is 42.7 Å². The summed E-state index contributed by atoms with van der Waals surface area (Å²) in [4.78, 5) is 4.05. The number of halogens is 3. The molecule has 0 spiro atoms. The number of hydrogen-bond acceptors (Lipinski definition) is 3. The summed E-state index contributed by atoms with van der Waals surface area (Å²) in [6.07, 6.45) is 1.71. The van der Waals surface area contributed by atoms with Crippen LogP contribution in [-0.2, 0) is 13.5 Å². The summed E-state index contributed by atoms with van der Waals surface area (Å²) in [5.41, 5.74) is 0.0775. The molecule has 0 aliphatic carbocycles. The standard InChI is InChI=1S/C13H15F3N4/c1-3-17-10(6-11-18-7-19-20(11)2)8-4-5-9(14)13(16)12(8)15/h4-5,7,10,17H,3,6H2,1-2H3. The van der Waals surface area contributed by atoms with Crippen LogP contribution in [0.25, 0.3) is 0 Å². The molecule has 1 N–H and O–H groups in total. The average molecular weight is 284 g/mol. The van der Waals surface area contributed by atoms with Crippen LogP contribution in [-0.4, -0.2) is 21.3 Å². The second-order valence-corrected chi connectivity index (χ2v) is 4.38. The quantitative estimate of drug-likeness (QED) is 0.855. The second kappa shape index (κ2) is 6.04. The molecule has 7 heteroatoms. The van der Waals surface area contributed by atoms with E-state index in [1.54, 1.807) is 11.7 Å². The number of aryl methyl sites for hydroxylation is 1. The Hall–Kier alpha value is -1.89. The fraction of sp³-hybridized carbons (Fsp3) is 0.385. The van der Waals surface area contributed by atoms with Crippen LogP contribution in [0.15, 0.2) is 18.5 Å². The monoisotopic (exact) mass is 284 g/mol. The van der Waals surface area contributed by atoms with Crippen molar-refractivity contribution in [2.45, 2.75) is 19.4 Å². The second-order valence-electron chi connectivity index (χ2n) is 4.38. The smallest absolute Gasteiger partial charge is 0.194 e. The zero-order valence-corrected chi connectivity index (χ0v) is 11.2. The lowest BCUT2D eigenvalue weighted by Crippen LogP contribution is -2.25. The molecule has 1 atom stereocenters. The van der Waals surface area contributed by atoms with Gasteiger partial charge in [0.15, 0.2) is 17.5 Å². The molecule has 108 valence electrons. The van der Waals surface area contributed by atoms with Gasteiger partial charge in [0.2, 0.25) is 0 Å². The van der Waals surface area contributed by atoms with Crippen molar-refractivity contribution in [3.63, 3.8) is 0 Å². The minimum atomic E-state index is -1.46. The van der Waals surface area contributed by atoms with Crippen molar-refractivity contribution >= 4 is 0 Å². The number of hydrogen-bond donors (Lipinski definition) is 1. The van der Waals surface area contributed by atoms with Crippen LogP contribution in [0.5, 0.6) is 0 Å². The van der Waals surface area contributed by atoms with E-state index in [2.05, 4.69) is 15.4 Å². The van der Waals surface area contributed by atoms with Crippen LogP contribution in [0.1, 0.15) is 24.4 Å². The highest BCUT2D eigenvalue weighted by Crippen LogP contribution is 2.23. The molecule has 1 aromatic heterocycles. The molecule has 4 nitrogen and oxygen atoms in total. The molecule has 2 rings (SSSR count). The van der Waals surface area contributed by atoms with Gasteiger partial charge in [-0.2, -0.15) is 5.10 Å². The van der Waals surface area contributed by atoms with E-state index in [0.29, 0.717) is 18.8 Å². The Balaban J connectivity index is 2.34. The third kappa shape index (κ3) is 2.82. The van der Waals surface area contributed by atoms with Crippen LogP contribution < -0.4 is 5.32 Å². The van der Waals surface area contributed by atoms with E-state index in [0.717, 1.165) is 6.07 Å². The number of likely N-dealkylation sites (N-methyl/N-ethyl adjacent to an activating group) is 1. The Kier molecular flexibility index (Phi) is 4.39. The summed E-state index contributed by atoms with van der Waals surface area (Å²) >= 11 is 0. The van der Waals surface area contributed by atoms with E-state index in [9.17, 15) is 13.2 Å². The van der Waals surface area contributed by atoms with Gasteiger partial charge in [-0.3, -0.25) is 4.68 Å². The van der Waals surface area contributed by atoms with Gasteiger partial charge in [-0.05, 0) is 12.6 Å². The van der Waals surface area contributed by atoms with E-state index in [-0.39, 0.29) is 5.56 Å². The van der Waals surface area contributed by atoms with Gasteiger partial charge in [0.25, 0.3) is 0 Å². The first kappa shape index (κ1) is 14.5. The Morgan fingerprint density at radius 3 is 2.60 bits per heavy atom. The highest BCUT2D eigenvalue weighted by molar-refractivity contribution is 5.24. The first-order valence-corrected chi connectivity index (χ1v) is 6.24. The van der Waals surface area contributed by atoms with Crippen molar-refractivity contribution in [3.8, 4) is 0 Å². The predicted molar refractivity (Wildman–Crippen MR) is 67.4 cm³/mol. The van der Waals surface area contributed by atoms with Gasteiger partial charge in [0.05, 0.1) is 0 Å². The van der Waals surface area contributed by atoms with Gasteiger partial charge in [-0.25, -0.2) is 18.2 Å². The van der Waals surface area contributed by atoms with Crippen LogP contribution in [0.2, 0.25) is 0 Å². The lowest BCUT2D eigenvalue weighted by molar-refractivity contribution is 0.422. The molecule has 0 aliphatic rings. The molecule has 0 saturated carbocycles. The molecule has 1 aromatic carbocycles. The highest BCUT2D eigenvalue weighted by atomic mass is 19.2. The number of nitrogens with zero attached hydrogens (tertiary/aromatic N) is 3. The van der Waals surface area contributed by atoms with Crippen molar-refractivity contribution < 1.29 is 13.2 Å². The first-order valence-electron chi connectivity index (χ1n) is 6.24. The lowest BCUT2D eigenvalue weighted by Gasteiger charge is -2.18. The number of aromatic nitrogens is 3. The van der Waals surface area contributed by atoms with Gasteiger partial charge in [0.1, 0.15) is 12.2 Å². The summed E-state index contributed by atoms with van der Waals surface area (Å²) in [5.74, 6) is -3.19. The van der Waals surface area contributed by atoms with Crippen molar-refractivity contribution in [1.82, 2.24) is 20.1 Å². The molecule has 20 heavy (non-hydrogen) atoms. The van der Waals surface area contributed by atoms with E-state index in [4.69, 9.17) is 0 Å². The summed E-state index contributed by atoms with van der Waals surface area (Å²) in [6, 6.07) is 1.67. The summed E-state index contributed by atoms with van der Waals surface area (Å²) in [5, 5.41) is 6.97. The fourth-order valence-electron chi connectivity index (χ4n) is 2.04. The third-order valence-electron chi connectivity index (χ3n) is 3.08. The molecule has 0 bridgehead atoms. The van der Waals surface area contributed by atoms with Gasteiger partial charge in [-0.15, -0.1) is 0 Å².